The van der Waals surface area contributed by atoms with Gasteiger partial charge < -0.3 is 25.6 Å². The highest BCUT2D eigenvalue weighted by Crippen LogP contribution is 2.43. The van der Waals surface area contributed by atoms with Crippen LogP contribution in [0, 0.1) is 17.1 Å². The Morgan fingerprint density at radius 2 is 1.80 bits per heavy atom. The molecule has 0 bridgehead atoms. The standard InChI is InChI=1S/C30H35FN7O2PS.C3H5F3.C3H8/c1-6-7-22(15(2)39)34-29-26-20-14-40-13-19(20)25(24-18(10-32)23(42-16(3)33)9-8-21(24)31)28(41)27(26)35-30(36-29)38-11-17(12-38)37(4)5;1-2-3(4,5)6;1-3-2/h8-9,17,22H,3,6-7,11-14,33,41H2,1-2,4-5H3,(H,34,35,36);2H2,1H3;3H2,1-2H3. The van der Waals surface area contributed by atoms with E-state index in [1.807, 2.05) is 21.0 Å². The van der Waals surface area contributed by atoms with Gasteiger partial charge >= 0.3 is 6.18 Å². The Bertz CT molecular complexity index is 1780. The molecule has 2 unspecified atom stereocenters. The van der Waals surface area contributed by atoms with E-state index in [1.54, 1.807) is 13.0 Å². The normalized spacial score (nSPS) is 14.5. The topological polar surface area (TPSA) is 120 Å². The van der Waals surface area contributed by atoms with Crippen LogP contribution in [-0.2, 0) is 22.7 Å². The van der Waals surface area contributed by atoms with Crippen molar-refractivity contribution in [3.8, 4) is 17.2 Å². The molecule has 1 fully saturated rings. The van der Waals surface area contributed by atoms with Crippen LogP contribution in [0.25, 0.3) is 22.0 Å². The first kappa shape index (κ1) is 41.9. The van der Waals surface area contributed by atoms with Crippen molar-refractivity contribution in [1.29, 1.82) is 5.26 Å². The molecular weight excluding hydrogens is 701 g/mol. The number of hydrogen-bond donors (Lipinski definition) is 2. The Morgan fingerprint density at radius 3 is 2.31 bits per heavy atom. The third kappa shape index (κ3) is 10.1. The Morgan fingerprint density at radius 1 is 1.20 bits per heavy atom. The lowest BCUT2D eigenvalue weighted by molar-refractivity contribution is -0.130. The maximum absolute atomic E-state index is 15.7. The molecule has 2 aliphatic heterocycles. The van der Waals surface area contributed by atoms with Gasteiger partial charge in [0.1, 0.15) is 17.7 Å². The number of ether oxygens (including phenoxy) is 1. The van der Waals surface area contributed by atoms with Crippen molar-refractivity contribution in [2.45, 2.75) is 96.7 Å². The number of thioether (sulfide) groups is 1. The molecule has 278 valence electrons. The molecule has 0 radical (unpaired) electrons. The molecule has 3 aromatic rings. The molecule has 1 saturated heterocycles. The number of alkyl halides is 3. The number of Topliss-reactive ketones (excluding diaryl/α,β-unsaturated/α-hetero) is 1. The second-order valence-corrected chi connectivity index (χ2v) is 14.4. The highest BCUT2D eigenvalue weighted by atomic mass is 32.2. The summed E-state index contributed by atoms with van der Waals surface area (Å²) in [5.41, 5.74) is 8.94. The lowest BCUT2D eigenvalue weighted by atomic mass is 9.90. The van der Waals surface area contributed by atoms with Crippen molar-refractivity contribution >= 4 is 54.8 Å². The van der Waals surface area contributed by atoms with Crippen LogP contribution in [0.1, 0.15) is 77.0 Å². The smallest absolute Gasteiger partial charge is 0.388 e. The SMILES string of the molecule is C=C(N)Sc1ccc(F)c(-c2c3c(c4c(NC(CCC)C(C)=O)nc(N5CC(N(C)C)C5)nc4c2P)COC3)c1C#N.CCC.CCC(F)(F)F. The quantitative estimate of drug-likeness (QED) is 0.122. The van der Waals surface area contributed by atoms with Crippen LogP contribution in [0.15, 0.2) is 28.6 Å². The van der Waals surface area contributed by atoms with E-state index in [-0.39, 0.29) is 30.1 Å². The minimum atomic E-state index is -3.96. The molecule has 9 nitrogen and oxygen atoms in total. The molecule has 2 atom stereocenters. The minimum absolute atomic E-state index is 0.0222. The number of likely N-dealkylation sites (N-methyl/N-ethyl adjacent to an activating group) is 1. The van der Waals surface area contributed by atoms with Crippen molar-refractivity contribution in [1.82, 2.24) is 14.9 Å². The maximum atomic E-state index is 15.7. The number of carbonyl (C=O) groups is 1. The summed E-state index contributed by atoms with van der Waals surface area (Å²) in [6, 6.07) is 5.04. The number of rotatable bonds is 10. The van der Waals surface area contributed by atoms with Crippen molar-refractivity contribution < 1.29 is 27.1 Å². The molecule has 0 aliphatic carbocycles. The minimum Gasteiger partial charge on any atom is -0.394 e. The first-order valence-electron chi connectivity index (χ1n) is 16.9. The maximum Gasteiger partial charge on any atom is 0.388 e. The Kier molecular flexibility index (Phi) is 15.1. The van der Waals surface area contributed by atoms with Crippen LogP contribution in [0.4, 0.5) is 29.3 Å². The predicted molar refractivity (Wildman–Crippen MR) is 202 cm³/mol. The Labute approximate surface area is 304 Å². The number of halogens is 4. The van der Waals surface area contributed by atoms with Crippen molar-refractivity contribution in [2.75, 3.05) is 37.4 Å². The monoisotopic (exact) mass is 749 g/mol. The van der Waals surface area contributed by atoms with E-state index in [1.165, 1.54) is 12.5 Å². The number of carbonyl (C=O) groups excluding carboxylic acids is 1. The van der Waals surface area contributed by atoms with Gasteiger partial charge in [0, 0.05) is 52.3 Å². The van der Waals surface area contributed by atoms with Crippen LogP contribution in [0.5, 0.6) is 0 Å². The van der Waals surface area contributed by atoms with Gasteiger partial charge in [-0.15, -0.1) is 9.24 Å². The van der Waals surface area contributed by atoms with Gasteiger partial charge in [-0.2, -0.15) is 23.4 Å². The summed E-state index contributed by atoms with van der Waals surface area (Å²) in [7, 11) is 6.82. The number of aromatic nitrogens is 2. The number of ketones is 1. The summed E-state index contributed by atoms with van der Waals surface area (Å²) < 4.78 is 54.0. The Balaban J connectivity index is 0.000000697. The van der Waals surface area contributed by atoms with Crippen molar-refractivity contribution in [3.05, 3.63) is 46.2 Å². The molecule has 3 N–H and O–H groups in total. The van der Waals surface area contributed by atoms with Gasteiger partial charge in [0.05, 0.1) is 35.4 Å². The molecule has 2 aliphatic rings. The molecule has 1 aromatic heterocycles. The number of nitrogens with one attached hydrogen (secondary N) is 1. The van der Waals surface area contributed by atoms with E-state index in [9.17, 15) is 23.2 Å². The summed E-state index contributed by atoms with van der Waals surface area (Å²) in [5.74, 6) is 0.576. The summed E-state index contributed by atoms with van der Waals surface area (Å²) in [6.45, 7) is 14.7. The van der Waals surface area contributed by atoms with Crippen LogP contribution >= 0.6 is 21.0 Å². The number of nitrogens with two attached hydrogens (primary N) is 1. The van der Waals surface area contributed by atoms with Gasteiger partial charge in [0.2, 0.25) is 5.95 Å². The number of nitrogens with zero attached hydrogens (tertiary/aromatic N) is 5. The van der Waals surface area contributed by atoms with Gasteiger partial charge in [0.25, 0.3) is 0 Å². The van der Waals surface area contributed by atoms with Crippen LogP contribution in [-0.4, -0.2) is 66.1 Å². The summed E-state index contributed by atoms with van der Waals surface area (Å²) in [5, 5.41) is 15.3. The number of fused-ring (bicyclic) bond motifs is 3. The highest BCUT2D eigenvalue weighted by molar-refractivity contribution is 8.03. The second-order valence-electron chi connectivity index (χ2n) is 12.6. The number of anilines is 2. The summed E-state index contributed by atoms with van der Waals surface area (Å²) in [6.07, 6.45) is -1.96. The van der Waals surface area contributed by atoms with E-state index in [4.69, 9.17) is 20.4 Å². The summed E-state index contributed by atoms with van der Waals surface area (Å²) >= 11 is 1.12. The fraction of sp³-hybridized carbons (Fsp3) is 0.500. The van der Waals surface area contributed by atoms with Gasteiger partial charge in [-0.05, 0) is 50.7 Å². The highest BCUT2D eigenvalue weighted by Gasteiger charge is 2.34. The van der Waals surface area contributed by atoms with Gasteiger partial charge in [-0.1, -0.05) is 58.9 Å². The molecule has 0 saturated carbocycles. The second kappa shape index (κ2) is 18.3. The zero-order valence-corrected chi connectivity index (χ0v) is 32.3. The fourth-order valence-corrected chi connectivity index (χ4v) is 6.73. The van der Waals surface area contributed by atoms with E-state index in [0.717, 1.165) is 54.7 Å². The van der Waals surface area contributed by atoms with E-state index in [2.05, 4.69) is 50.9 Å². The lowest BCUT2D eigenvalue weighted by Gasteiger charge is -2.43. The van der Waals surface area contributed by atoms with E-state index < -0.39 is 24.5 Å². The third-order valence-corrected chi connectivity index (χ3v) is 9.64. The molecule has 51 heavy (non-hydrogen) atoms. The van der Waals surface area contributed by atoms with Crippen molar-refractivity contribution in [2.24, 2.45) is 5.73 Å². The first-order chi connectivity index (χ1) is 24.0. The number of hydrogen-bond acceptors (Lipinski definition) is 10. The number of nitriles is 1. The fourth-order valence-electron chi connectivity index (χ4n) is 5.53. The zero-order chi connectivity index (χ0) is 38.2. The van der Waals surface area contributed by atoms with E-state index >= 15 is 4.39 Å². The lowest BCUT2D eigenvalue weighted by Crippen LogP contribution is -2.58. The van der Waals surface area contributed by atoms with Crippen LogP contribution in [0.2, 0.25) is 0 Å². The van der Waals surface area contributed by atoms with Crippen LogP contribution in [0.3, 0.4) is 0 Å². The average molecular weight is 750 g/mol. The van der Waals surface area contributed by atoms with Crippen LogP contribution < -0.4 is 21.3 Å². The largest absolute Gasteiger partial charge is 0.394 e. The number of benzene rings is 2. The molecule has 0 spiro atoms. The summed E-state index contributed by atoms with van der Waals surface area (Å²) in [4.78, 5) is 27.3. The van der Waals surface area contributed by atoms with Gasteiger partial charge in [-0.25, -0.2) is 9.37 Å². The van der Waals surface area contributed by atoms with E-state index in [0.29, 0.717) is 50.5 Å². The molecular formula is C36H48F4N7O2PS. The molecule has 5 rings (SSSR count). The average Bonchev–Trinajstić information content (AvgIpc) is 3.51. The molecule has 15 heteroatoms. The predicted octanol–water partition coefficient (Wildman–Crippen LogP) is 7.65. The molecule has 2 aromatic carbocycles. The van der Waals surface area contributed by atoms with Gasteiger partial charge in [0.15, 0.2) is 5.78 Å². The molecule has 0 amide bonds. The third-order valence-electron chi connectivity index (χ3n) is 8.26. The van der Waals surface area contributed by atoms with Crippen molar-refractivity contribution in [3.63, 3.8) is 0 Å². The zero-order valence-electron chi connectivity index (χ0n) is 30.3. The Hall–Kier alpha value is -3.50. The molecule has 3 heterocycles. The van der Waals surface area contributed by atoms with Gasteiger partial charge in [-0.3, -0.25) is 4.79 Å². The first-order valence-corrected chi connectivity index (χ1v) is 18.2.